The van der Waals surface area contributed by atoms with Gasteiger partial charge in [-0.3, -0.25) is 4.84 Å². The molecule has 166 valence electrons. The van der Waals surface area contributed by atoms with E-state index in [1.54, 1.807) is 0 Å². The van der Waals surface area contributed by atoms with Crippen molar-refractivity contribution in [3.05, 3.63) is 48.5 Å². The molecule has 32 heavy (non-hydrogen) atoms. The van der Waals surface area contributed by atoms with Gasteiger partial charge in [0.25, 0.3) is 0 Å². The van der Waals surface area contributed by atoms with Crippen molar-refractivity contribution in [3.63, 3.8) is 0 Å². The predicted octanol–water partition coefficient (Wildman–Crippen LogP) is 4.08. The van der Waals surface area contributed by atoms with Crippen molar-refractivity contribution in [3.8, 4) is 0 Å². The highest BCUT2D eigenvalue weighted by Gasteiger charge is 2.24. The Kier molecular flexibility index (Phi) is 5.77. The van der Waals surface area contributed by atoms with Crippen LogP contribution in [0.15, 0.2) is 48.5 Å². The molecule has 1 N–H and O–H groups in total. The quantitative estimate of drug-likeness (QED) is 0.442. The molecule has 0 amide bonds. The maximum atomic E-state index is 5.43. The van der Waals surface area contributed by atoms with E-state index in [0.29, 0.717) is 12.4 Å². The van der Waals surface area contributed by atoms with Crippen LogP contribution < -0.4 is 15.3 Å². The molecule has 1 aliphatic heterocycles. The second-order valence-electron chi connectivity index (χ2n) is 7.95. The Balaban J connectivity index is 1.39. The highest BCUT2D eigenvalue weighted by atomic mass is 16.6. The summed E-state index contributed by atoms with van der Waals surface area (Å²) < 4.78 is 2.35. The largest absolute Gasteiger partial charge is 0.339 e. The normalized spacial score (nSPS) is 14.4. The van der Waals surface area contributed by atoms with Crippen molar-refractivity contribution in [2.24, 2.45) is 0 Å². The van der Waals surface area contributed by atoms with Crippen LogP contribution in [0.25, 0.3) is 21.9 Å². The lowest BCUT2D eigenvalue weighted by atomic mass is 10.2. The molecule has 1 saturated heterocycles. The number of piperazine rings is 1. The lowest BCUT2D eigenvalue weighted by molar-refractivity contribution is 0.209. The van der Waals surface area contributed by atoms with E-state index in [1.807, 2.05) is 31.2 Å². The molecule has 2 aromatic heterocycles. The maximum absolute atomic E-state index is 5.43. The van der Waals surface area contributed by atoms with Gasteiger partial charge in [0.1, 0.15) is 0 Å². The third-order valence-corrected chi connectivity index (χ3v) is 5.83. The number of aryl methyl sites for hydroxylation is 1. The first kappa shape index (κ1) is 20.5. The average molecular weight is 432 g/mol. The van der Waals surface area contributed by atoms with E-state index in [9.17, 15) is 0 Å². The van der Waals surface area contributed by atoms with Gasteiger partial charge in [-0.05, 0) is 37.6 Å². The lowest BCUT2D eigenvalue weighted by Crippen LogP contribution is -2.48. The van der Waals surface area contributed by atoms with Crippen LogP contribution in [0, 0.1) is 0 Å². The van der Waals surface area contributed by atoms with Gasteiger partial charge in [-0.25, -0.2) is 15.4 Å². The minimum atomic E-state index is 0.561. The second kappa shape index (κ2) is 9.00. The number of rotatable bonds is 7. The molecule has 3 heterocycles. The minimum Gasteiger partial charge on any atom is -0.339 e. The van der Waals surface area contributed by atoms with Crippen LogP contribution in [0.3, 0.4) is 0 Å². The Bertz CT molecular complexity index is 1210. The van der Waals surface area contributed by atoms with Crippen LogP contribution in [0.5, 0.6) is 0 Å². The van der Waals surface area contributed by atoms with Crippen LogP contribution >= 0.6 is 0 Å². The van der Waals surface area contributed by atoms with E-state index >= 15 is 0 Å². The number of hydrogen-bond donors (Lipinski definition) is 1. The van der Waals surface area contributed by atoms with Gasteiger partial charge in [0.2, 0.25) is 11.9 Å². The molecular weight excluding hydrogens is 402 g/mol. The summed E-state index contributed by atoms with van der Waals surface area (Å²) in [6.45, 7) is 9.10. The zero-order valence-corrected chi connectivity index (χ0v) is 18.7. The number of benzene rings is 2. The fourth-order valence-electron chi connectivity index (χ4n) is 4.28. The number of imidazole rings is 1. The highest BCUT2D eigenvalue weighted by molar-refractivity contribution is 5.89. The summed E-state index contributed by atoms with van der Waals surface area (Å²) in [5, 5.41) is 0.955. The molecule has 0 aliphatic carbocycles. The first-order valence-electron chi connectivity index (χ1n) is 11.4. The molecule has 4 aromatic rings. The first-order valence-corrected chi connectivity index (χ1v) is 11.4. The van der Waals surface area contributed by atoms with Crippen molar-refractivity contribution in [1.29, 1.82) is 0 Å². The Morgan fingerprint density at radius 2 is 1.56 bits per heavy atom. The average Bonchev–Trinajstić information content (AvgIpc) is 3.21. The van der Waals surface area contributed by atoms with Crippen LogP contribution in [0.2, 0.25) is 0 Å². The van der Waals surface area contributed by atoms with Gasteiger partial charge >= 0.3 is 0 Å². The van der Waals surface area contributed by atoms with E-state index in [0.717, 1.165) is 67.5 Å². The topological polar surface area (TPSA) is 71.3 Å². The molecule has 0 atom stereocenters. The summed E-state index contributed by atoms with van der Waals surface area (Å²) in [5.41, 5.74) is 6.16. The van der Waals surface area contributed by atoms with Gasteiger partial charge in [-0.2, -0.15) is 4.98 Å². The van der Waals surface area contributed by atoms with Gasteiger partial charge in [-0.15, -0.1) is 0 Å². The summed E-state index contributed by atoms with van der Waals surface area (Å²) in [6.07, 6.45) is 1.08. The molecule has 0 spiro atoms. The van der Waals surface area contributed by atoms with E-state index in [1.165, 1.54) is 5.52 Å². The van der Waals surface area contributed by atoms with Crippen molar-refractivity contribution in [1.82, 2.24) is 19.5 Å². The smallest absolute Gasteiger partial charge is 0.228 e. The van der Waals surface area contributed by atoms with E-state index < -0.39 is 0 Å². The Morgan fingerprint density at radius 1 is 0.844 bits per heavy atom. The number of para-hydroxylation sites is 3. The number of anilines is 3. The Hall–Kier alpha value is -3.39. The number of hydrogen-bond acceptors (Lipinski definition) is 7. The van der Waals surface area contributed by atoms with Crippen LogP contribution in [0.4, 0.5) is 17.7 Å². The maximum Gasteiger partial charge on any atom is 0.228 e. The summed E-state index contributed by atoms with van der Waals surface area (Å²) in [5.74, 6) is 2.50. The molecule has 1 fully saturated rings. The zero-order valence-electron chi connectivity index (χ0n) is 18.7. The summed E-state index contributed by atoms with van der Waals surface area (Å²) in [7, 11) is 0. The summed E-state index contributed by atoms with van der Waals surface area (Å²) in [4.78, 5) is 24.6. The molecule has 0 saturated carbocycles. The van der Waals surface area contributed by atoms with Gasteiger partial charge in [0.15, 0.2) is 5.82 Å². The molecular formula is C24H29N7O. The van der Waals surface area contributed by atoms with E-state index in [2.05, 4.69) is 51.0 Å². The standard InChI is InChI=1S/C24H29N7O/c1-3-13-31-21-12-8-7-11-20(21)26-24(31)30-16-14-29(15-17-30)23-25-19-10-6-5-9-18(19)22(27-23)28-32-4-2/h5-12H,3-4,13-17H2,1-2H3,(H,25,27,28). The summed E-state index contributed by atoms with van der Waals surface area (Å²) in [6, 6.07) is 16.4. The lowest BCUT2D eigenvalue weighted by Gasteiger charge is -2.35. The monoisotopic (exact) mass is 431 g/mol. The van der Waals surface area contributed by atoms with Crippen LogP contribution in [0.1, 0.15) is 20.3 Å². The van der Waals surface area contributed by atoms with Crippen molar-refractivity contribution in [2.75, 3.05) is 48.1 Å². The van der Waals surface area contributed by atoms with E-state index in [4.69, 9.17) is 19.8 Å². The SMILES string of the molecule is CCCn1c(N2CCN(c3nc(NOCC)c4ccccc4n3)CC2)nc2ccccc21. The van der Waals surface area contributed by atoms with Crippen molar-refractivity contribution >= 4 is 39.7 Å². The predicted molar refractivity (Wildman–Crippen MR) is 129 cm³/mol. The Morgan fingerprint density at radius 3 is 2.34 bits per heavy atom. The first-order chi connectivity index (χ1) is 15.8. The molecule has 0 bridgehead atoms. The molecule has 0 radical (unpaired) electrons. The highest BCUT2D eigenvalue weighted by Crippen LogP contribution is 2.27. The van der Waals surface area contributed by atoms with Crippen LogP contribution in [-0.4, -0.2) is 52.3 Å². The number of nitrogens with zero attached hydrogens (tertiary/aromatic N) is 6. The Labute approximate surface area is 187 Å². The third kappa shape index (κ3) is 3.82. The second-order valence-corrected chi connectivity index (χ2v) is 7.95. The molecule has 8 heteroatoms. The number of fused-ring (bicyclic) bond motifs is 2. The van der Waals surface area contributed by atoms with Gasteiger partial charge in [0, 0.05) is 38.1 Å². The van der Waals surface area contributed by atoms with Crippen LogP contribution in [-0.2, 0) is 11.4 Å². The fourth-order valence-corrected chi connectivity index (χ4v) is 4.28. The van der Waals surface area contributed by atoms with E-state index in [-0.39, 0.29) is 0 Å². The molecule has 2 aromatic carbocycles. The molecule has 8 nitrogen and oxygen atoms in total. The molecule has 5 rings (SSSR count). The van der Waals surface area contributed by atoms with Gasteiger partial charge in [0.05, 0.1) is 23.2 Å². The van der Waals surface area contributed by atoms with Gasteiger partial charge in [-0.1, -0.05) is 31.2 Å². The summed E-state index contributed by atoms with van der Waals surface area (Å²) >= 11 is 0. The van der Waals surface area contributed by atoms with Crippen molar-refractivity contribution in [2.45, 2.75) is 26.8 Å². The molecule has 0 unspecified atom stereocenters. The van der Waals surface area contributed by atoms with Crippen molar-refractivity contribution < 1.29 is 4.84 Å². The zero-order chi connectivity index (χ0) is 21.9. The molecule has 1 aliphatic rings. The number of aromatic nitrogens is 4. The van der Waals surface area contributed by atoms with Gasteiger partial charge < -0.3 is 14.4 Å². The fraction of sp³-hybridized carbons (Fsp3) is 0.375. The number of nitrogens with one attached hydrogen (secondary N) is 1. The third-order valence-electron chi connectivity index (χ3n) is 5.83. The minimum absolute atomic E-state index is 0.561.